The van der Waals surface area contributed by atoms with Crippen molar-refractivity contribution in [3.05, 3.63) is 52.4 Å². The number of hydrogen-bond acceptors (Lipinski definition) is 8. The summed E-state index contributed by atoms with van der Waals surface area (Å²) in [5.74, 6) is 0.294. The summed E-state index contributed by atoms with van der Waals surface area (Å²) in [5.41, 5.74) is 0.502. The number of alkyl halides is 3. The molecular weight excluding hydrogens is 467 g/mol. The Bertz CT molecular complexity index is 1390. The molecule has 1 aromatic carbocycles. The van der Waals surface area contributed by atoms with Gasteiger partial charge in [-0.15, -0.1) is 21.5 Å². The fourth-order valence-corrected chi connectivity index (χ4v) is 4.96. The highest BCUT2D eigenvalue weighted by Crippen LogP contribution is 2.36. The molecule has 5 rings (SSSR count). The van der Waals surface area contributed by atoms with Crippen molar-refractivity contribution < 1.29 is 17.9 Å². The zero-order valence-corrected chi connectivity index (χ0v) is 18.8. The number of ether oxygens (including phenoxy) is 1. The summed E-state index contributed by atoms with van der Waals surface area (Å²) in [6, 6.07) is 10.8. The quantitative estimate of drug-likeness (QED) is 0.395. The highest BCUT2D eigenvalue weighted by atomic mass is 32.1. The Kier molecular flexibility index (Phi) is 5.57. The number of halogens is 3. The van der Waals surface area contributed by atoms with E-state index < -0.39 is 12.0 Å². The number of fused-ring (bicyclic) bond motifs is 2. The van der Waals surface area contributed by atoms with Crippen LogP contribution in [0.4, 0.5) is 19.0 Å². The van der Waals surface area contributed by atoms with Crippen LogP contribution in [0.5, 0.6) is 11.8 Å². The second kappa shape index (κ2) is 8.57. The molecule has 0 unspecified atom stereocenters. The number of aromatic nitrogens is 5. The lowest BCUT2D eigenvalue weighted by molar-refractivity contribution is -0.147. The molecule has 174 valence electrons. The number of anilines is 1. The van der Waals surface area contributed by atoms with E-state index in [1.165, 1.54) is 0 Å². The van der Waals surface area contributed by atoms with Crippen LogP contribution in [0.15, 0.2) is 30.3 Å². The van der Waals surface area contributed by atoms with Gasteiger partial charge in [-0.2, -0.15) is 28.4 Å². The Labute approximate surface area is 196 Å². The molecule has 1 aliphatic heterocycles. The van der Waals surface area contributed by atoms with Gasteiger partial charge in [0.05, 0.1) is 23.6 Å². The van der Waals surface area contributed by atoms with Crippen molar-refractivity contribution >= 4 is 27.4 Å². The number of hydrogen-bond donors (Lipinski definition) is 0. The monoisotopic (exact) mass is 485 g/mol. The van der Waals surface area contributed by atoms with Crippen molar-refractivity contribution in [1.82, 2.24) is 24.7 Å². The molecule has 12 heteroatoms. The van der Waals surface area contributed by atoms with Crippen molar-refractivity contribution in [2.75, 3.05) is 11.4 Å². The largest absolute Gasteiger partial charge is 0.451 e. The Morgan fingerprint density at radius 2 is 1.94 bits per heavy atom. The van der Waals surface area contributed by atoms with E-state index in [9.17, 15) is 13.2 Å². The van der Waals surface area contributed by atoms with E-state index in [1.807, 2.05) is 11.0 Å². The lowest BCUT2D eigenvalue weighted by atomic mass is 10.2. The molecule has 0 amide bonds. The van der Waals surface area contributed by atoms with E-state index in [-0.39, 0.29) is 24.9 Å². The molecule has 8 nitrogen and oxygen atoms in total. The molecule has 0 N–H and O–H groups in total. The molecule has 0 fully saturated rings. The first kappa shape index (κ1) is 22.1. The number of thiophene rings is 1. The number of nitrogens with zero attached hydrogens (tertiary/aromatic N) is 7. The maximum absolute atomic E-state index is 13.2. The third-order valence-corrected chi connectivity index (χ3v) is 6.49. The minimum atomic E-state index is -4.56. The van der Waals surface area contributed by atoms with E-state index in [0.717, 1.165) is 32.5 Å². The molecule has 0 saturated heterocycles. The third kappa shape index (κ3) is 4.14. The fraction of sp³-hybridized carbons (Fsp3) is 0.318. The van der Waals surface area contributed by atoms with Crippen LogP contribution in [-0.4, -0.2) is 31.3 Å². The van der Waals surface area contributed by atoms with Crippen LogP contribution in [0.25, 0.3) is 10.2 Å². The second-order valence-electron chi connectivity index (χ2n) is 7.76. The van der Waals surface area contributed by atoms with E-state index in [1.54, 1.807) is 35.6 Å². The molecule has 0 aliphatic carbocycles. The van der Waals surface area contributed by atoms with E-state index >= 15 is 0 Å². The molecular formula is C22H18F3N7OS. The van der Waals surface area contributed by atoms with Crippen molar-refractivity contribution in [1.29, 1.82) is 5.26 Å². The first-order valence-corrected chi connectivity index (χ1v) is 11.4. The molecule has 0 spiro atoms. The van der Waals surface area contributed by atoms with Gasteiger partial charge < -0.3 is 14.2 Å². The summed E-state index contributed by atoms with van der Waals surface area (Å²) < 4.78 is 46.7. The van der Waals surface area contributed by atoms with Gasteiger partial charge in [-0.3, -0.25) is 0 Å². The molecule has 0 saturated carbocycles. The molecule has 3 aromatic heterocycles. The lowest BCUT2D eigenvalue weighted by Gasteiger charge is -2.29. The predicted octanol–water partition coefficient (Wildman–Crippen LogP) is 4.94. The summed E-state index contributed by atoms with van der Waals surface area (Å²) in [4.78, 5) is 12.9. The molecule has 4 aromatic rings. The van der Waals surface area contributed by atoms with Gasteiger partial charge in [0.1, 0.15) is 16.4 Å². The SMILES string of the molecule is CCCc1cc2c(N3CCn4c(nnc4C(F)(F)F)C3)nc(Oc3ccc(C#N)cc3)nc2s1. The zero-order valence-electron chi connectivity index (χ0n) is 18.0. The molecule has 0 radical (unpaired) electrons. The number of rotatable bonds is 5. The summed E-state index contributed by atoms with van der Waals surface area (Å²) >= 11 is 1.54. The minimum Gasteiger partial charge on any atom is -0.424 e. The van der Waals surface area contributed by atoms with Crippen molar-refractivity contribution in [3.8, 4) is 17.8 Å². The van der Waals surface area contributed by atoms with Gasteiger partial charge in [-0.05, 0) is 36.8 Å². The van der Waals surface area contributed by atoms with Crippen LogP contribution in [0.3, 0.4) is 0 Å². The highest BCUT2D eigenvalue weighted by molar-refractivity contribution is 7.18. The Morgan fingerprint density at radius 3 is 2.65 bits per heavy atom. The van der Waals surface area contributed by atoms with Gasteiger partial charge in [0, 0.05) is 18.0 Å². The van der Waals surface area contributed by atoms with Crippen molar-refractivity contribution in [3.63, 3.8) is 0 Å². The fourth-order valence-electron chi connectivity index (χ4n) is 3.84. The highest BCUT2D eigenvalue weighted by Gasteiger charge is 2.39. The Morgan fingerprint density at radius 1 is 1.15 bits per heavy atom. The van der Waals surface area contributed by atoms with E-state index in [2.05, 4.69) is 33.2 Å². The first-order valence-electron chi connectivity index (χ1n) is 10.6. The van der Waals surface area contributed by atoms with E-state index in [0.29, 0.717) is 23.7 Å². The normalized spacial score (nSPS) is 13.7. The van der Waals surface area contributed by atoms with Crippen LogP contribution < -0.4 is 9.64 Å². The van der Waals surface area contributed by atoms with Gasteiger partial charge in [0.2, 0.25) is 5.82 Å². The molecule has 4 heterocycles. The topological polar surface area (TPSA) is 92.8 Å². The molecule has 34 heavy (non-hydrogen) atoms. The van der Waals surface area contributed by atoms with Crippen LogP contribution in [0, 0.1) is 11.3 Å². The van der Waals surface area contributed by atoms with Crippen LogP contribution in [0.2, 0.25) is 0 Å². The van der Waals surface area contributed by atoms with Gasteiger partial charge in [-0.1, -0.05) is 13.3 Å². The Hall–Kier alpha value is -3.72. The van der Waals surface area contributed by atoms with E-state index in [4.69, 9.17) is 10.00 Å². The van der Waals surface area contributed by atoms with Crippen LogP contribution >= 0.6 is 11.3 Å². The van der Waals surface area contributed by atoms with Gasteiger partial charge in [0.25, 0.3) is 0 Å². The van der Waals surface area contributed by atoms with Crippen LogP contribution in [0.1, 0.15) is 35.4 Å². The van der Waals surface area contributed by atoms with Gasteiger partial charge in [0.15, 0.2) is 5.82 Å². The average Bonchev–Trinajstić information content (AvgIpc) is 3.42. The van der Waals surface area contributed by atoms with Crippen molar-refractivity contribution in [2.45, 2.75) is 39.0 Å². The zero-order chi connectivity index (χ0) is 23.9. The van der Waals surface area contributed by atoms with Gasteiger partial charge in [-0.25, -0.2) is 0 Å². The Balaban J connectivity index is 1.52. The molecule has 0 bridgehead atoms. The molecule has 1 aliphatic rings. The maximum atomic E-state index is 13.2. The standard InChI is InChI=1S/C22H18F3N7OS/c1-2-3-15-10-16-18(31-8-9-32-17(12-31)29-30-20(32)22(23,24)25)27-21(28-19(16)34-15)33-14-6-4-13(11-26)5-7-14/h4-7,10H,2-3,8-9,12H2,1H3. The first-order chi connectivity index (χ1) is 16.4. The lowest BCUT2D eigenvalue weighted by Crippen LogP contribution is -2.36. The third-order valence-electron chi connectivity index (χ3n) is 5.40. The summed E-state index contributed by atoms with van der Waals surface area (Å²) in [5, 5.41) is 16.9. The number of benzene rings is 1. The summed E-state index contributed by atoms with van der Waals surface area (Å²) in [6.07, 6.45) is -2.70. The predicted molar refractivity (Wildman–Crippen MR) is 119 cm³/mol. The second-order valence-corrected chi connectivity index (χ2v) is 8.88. The number of nitriles is 1. The summed E-state index contributed by atoms with van der Waals surface area (Å²) in [7, 11) is 0. The number of aryl methyl sites for hydroxylation is 1. The van der Waals surface area contributed by atoms with Crippen LogP contribution in [-0.2, 0) is 25.7 Å². The smallest absolute Gasteiger partial charge is 0.424 e. The van der Waals surface area contributed by atoms with Crippen molar-refractivity contribution in [2.24, 2.45) is 0 Å². The average molecular weight is 485 g/mol. The molecule has 0 atom stereocenters. The summed E-state index contributed by atoms with van der Waals surface area (Å²) in [6.45, 7) is 2.60. The van der Waals surface area contributed by atoms with Gasteiger partial charge >= 0.3 is 12.2 Å². The maximum Gasteiger partial charge on any atom is 0.451 e. The minimum absolute atomic E-state index is 0.0838.